The van der Waals surface area contributed by atoms with Crippen molar-refractivity contribution in [1.29, 1.82) is 0 Å². The summed E-state index contributed by atoms with van der Waals surface area (Å²) in [7, 11) is 0. The first-order valence-corrected chi connectivity index (χ1v) is 4.52. The maximum Gasteiger partial charge on any atom is 0.260 e. The third kappa shape index (κ3) is 1.98. The minimum Gasteiger partial charge on any atom is -0.331 e. The molecule has 82 valence electrons. The lowest BCUT2D eigenvalue weighted by Crippen LogP contribution is -2.18. The van der Waals surface area contributed by atoms with E-state index in [0.717, 1.165) is 0 Å². The second-order valence-corrected chi connectivity index (χ2v) is 2.96. The highest BCUT2D eigenvalue weighted by Gasteiger charge is 2.11. The molecule has 0 bridgehead atoms. The quantitative estimate of drug-likeness (QED) is 0.439. The van der Waals surface area contributed by atoms with E-state index in [1.54, 1.807) is 18.5 Å². The fourth-order valence-corrected chi connectivity index (χ4v) is 1.22. The number of hydrogen-bond acceptors (Lipinski definition) is 5. The lowest BCUT2D eigenvalue weighted by molar-refractivity contribution is 0.102. The number of nitrogens with zero attached hydrogens (tertiary/aromatic N) is 2. The fourth-order valence-electron chi connectivity index (χ4n) is 1.22. The Hall–Kier alpha value is -2.41. The molecule has 0 spiro atoms. The summed E-state index contributed by atoms with van der Waals surface area (Å²) in [5, 5.41) is 2.58. The second-order valence-electron chi connectivity index (χ2n) is 2.96. The van der Waals surface area contributed by atoms with Crippen LogP contribution in [-0.2, 0) is 0 Å². The Morgan fingerprint density at radius 3 is 3.00 bits per heavy atom. The Morgan fingerprint density at radius 1 is 1.44 bits per heavy atom. The third-order valence-electron chi connectivity index (χ3n) is 1.95. The highest BCUT2D eigenvalue weighted by atomic mass is 16.1. The van der Waals surface area contributed by atoms with Crippen LogP contribution >= 0.6 is 0 Å². The van der Waals surface area contributed by atoms with E-state index in [2.05, 4.69) is 25.7 Å². The van der Waals surface area contributed by atoms with Gasteiger partial charge in [0.1, 0.15) is 0 Å². The lowest BCUT2D eigenvalue weighted by Gasteiger charge is -2.06. The average Bonchev–Trinajstić information content (AvgIpc) is 2.81. The van der Waals surface area contributed by atoms with Gasteiger partial charge in [0.05, 0.1) is 17.4 Å². The van der Waals surface area contributed by atoms with Crippen molar-refractivity contribution in [2.45, 2.75) is 0 Å². The van der Waals surface area contributed by atoms with E-state index < -0.39 is 0 Å². The molecular weight excluding hydrogens is 208 g/mol. The summed E-state index contributed by atoms with van der Waals surface area (Å²) in [4.78, 5) is 22.3. The summed E-state index contributed by atoms with van der Waals surface area (Å²) >= 11 is 0. The van der Waals surface area contributed by atoms with Crippen LogP contribution in [0.25, 0.3) is 0 Å². The summed E-state index contributed by atoms with van der Waals surface area (Å²) in [5.41, 5.74) is 3.25. The largest absolute Gasteiger partial charge is 0.331 e. The van der Waals surface area contributed by atoms with Gasteiger partial charge in [-0.25, -0.2) is 4.98 Å². The van der Waals surface area contributed by atoms with Crippen molar-refractivity contribution < 1.29 is 4.79 Å². The Bertz CT molecular complexity index is 481. The zero-order chi connectivity index (χ0) is 11.4. The number of carbonyl (C=O) groups excluding carboxylic acids is 1. The van der Waals surface area contributed by atoms with Crippen LogP contribution in [0.2, 0.25) is 0 Å². The number of aromatic nitrogens is 3. The van der Waals surface area contributed by atoms with Gasteiger partial charge in [-0.1, -0.05) is 0 Å². The minimum absolute atomic E-state index is 0.315. The predicted molar refractivity (Wildman–Crippen MR) is 58.6 cm³/mol. The lowest BCUT2D eigenvalue weighted by atomic mass is 10.2. The Balaban J connectivity index is 2.21. The Labute approximate surface area is 91.1 Å². The molecule has 0 unspecified atom stereocenters. The molecule has 0 aliphatic heterocycles. The number of amides is 1. The van der Waals surface area contributed by atoms with Crippen molar-refractivity contribution in [2.75, 3.05) is 10.7 Å². The van der Waals surface area contributed by atoms with Crippen molar-refractivity contribution in [2.24, 2.45) is 5.84 Å². The molecule has 5 N–H and O–H groups in total. The molecule has 2 aromatic heterocycles. The molecule has 2 aromatic rings. The number of anilines is 2. The maximum atomic E-state index is 11.8. The monoisotopic (exact) mass is 218 g/mol. The topological polar surface area (TPSA) is 109 Å². The number of nitrogens with two attached hydrogens (primary N) is 1. The van der Waals surface area contributed by atoms with Gasteiger partial charge in [0.25, 0.3) is 5.91 Å². The van der Waals surface area contributed by atoms with Gasteiger partial charge in [0, 0.05) is 18.6 Å². The molecule has 0 aromatic carbocycles. The van der Waals surface area contributed by atoms with Gasteiger partial charge in [-0.15, -0.1) is 0 Å². The summed E-state index contributed by atoms with van der Waals surface area (Å²) < 4.78 is 0. The molecule has 0 radical (unpaired) electrons. The molecule has 0 saturated carbocycles. The number of imidazole rings is 1. The van der Waals surface area contributed by atoms with Gasteiger partial charge < -0.3 is 10.4 Å². The number of carbonyl (C=O) groups is 1. The van der Waals surface area contributed by atoms with Gasteiger partial charge in [-0.2, -0.15) is 0 Å². The van der Waals surface area contributed by atoms with E-state index >= 15 is 0 Å². The SMILES string of the molecule is NNc1cnccc1C(=O)Nc1ncc[nH]1. The third-order valence-corrected chi connectivity index (χ3v) is 1.95. The Morgan fingerprint density at radius 2 is 2.31 bits per heavy atom. The number of hydrazine groups is 1. The van der Waals surface area contributed by atoms with E-state index in [1.165, 1.54) is 12.4 Å². The van der Waals surface area contributed by atoms with Crippen LogP contribution in [0.4, 0.5) is 11.6 Å². The second kappa shape index (κ2) is 4.41. The highest BCUT2D eigenvalue weighted by molar-refractivity contribution is 6.07. The van der Waals surface area contributed by atoms with Gasteiger partial charge >= 0.3 is 0 Å². The molecule has 1 amide bonds. The fraction of sp³-hybridized carbons (Fsp3) is 0. The van der Waals surface area contributed by atoms with Crippen LogP contribution in [0.15, 0.2) is 30.9 Å². The molecule has 0 aliphatic rings. The van der Waals surface area contributed by atoms with E-state index in [-0.39, 0.29) is 5.91 Å². The van der Waals surface area contributed by atoms with Crippen LogP contribution in [0, 0.1) is 0 Å². The molecular formula is C9H10N6O. The van der Waals surface area contributed by atoms with Crippen molar-refractivity contribution >= 4 is 17.5 Å². The summed E-state index contributed by atoms with van der Waals surface area (Å²) in [5.74, 6) is 5.33. The number of hydrogen-bond donors (Lipinski definition) is 4. The normalized spacial score (nSPS) is 9.81. The maximum absolute atomic E-state index is 11.8. The number of pyridine rings is 1. The number of H-pyrrole nitrogens is 1. The zero-order valence-electron chi connectivity index (χ0n) is 8.27. The average molecular weight is 218 g/mol. The van der Waals surface area contributed by atoms with Crippen LogP contribution in [0.1, 0.15) is 10.4 Å². The highest BCUT2D eigenvalue weighted by Crippen LogP contribution is 2.13. The number of nitrogens with one attached hydrogen (secondary N) is 3. The minimum atomic E-state index is -0.315. The van der Waals surface area contributed by atoms with Gasteiger partial charge in [-0.3, -0.25) is 20.9 Å². The van der Waals surface area contributed by atoms with Crippen LogP contribution in [-0.4, -0.2) is 20.9 Å². The first-order valence-electron chi connectivity index (χ1n) is 4.52. The summed E-state index contributed by atoms with van der Waals surface area (Å²) in [6, 6.07) is 1.56. The van der Waals surface area contributed by atoms with E-state index in [1.807, 2.05) is 0 Å². The zero-order valence-corrected chi connectivity index (χ0v) is 8.27. The summed E-state index contributed by atoms with van der Waals surface area (Å²) in [6.07, 6.45) is 6.14. The molecule has 0 aliphatic carbocycles. The number of aromatic amines is 1. The van der Waals surface area contributed by atoms with E-state index in [9.17, 15) is 4.79 Å². The van der Waals surface area contributed by atoms with Crippen LogP contribution in [0.3, 0.4) is 0 Å². The molecule has 2 heterocycles. The molecule has 0 saturated heterocycles. The van der Waals surface area contributed by atoms with Crippen molar-refractivity contribution in [3.8, 4) is 0 Å². The number of nitrogen functional groups attached to an aromatic ring is 1. The van der Waals surface area contributed by atoms with Crippen molar-refractivity contribution in [1.82, 2.24) is 15.0 Å². The van der Waals surface area contributed by atoms with Crippen LogP contribution in [0.5, 0.6) is 0 Å². The Kier molecular flexibility index (Phi) is 2.79. The molecule has 7 nitrogen and oxygen atoms in total. The van der Waals surface area contributed by atoms with Crippen molar-refractivity contribution in [3.05, 3.63) is 36.4 Å². The number of rotatable bonds is 3. The molecule has 7 heteroatoms. The summed E-state index contributed by atoms with van der Waals surface area (Å²) in [6.45, 7) is 0. The first-order chi connectivity index (χ1) is 7.81. The predicted octanol–water partition coefficient (Wildman–Crippen LogP) is 0.343. The molecule has 0 atom stereocenters. The first kappa shape index (κ1) is 10.1. The van der Waals surface area contributed by atoms with E-state index in [0.29, 0.717) is 17.2 Å². The molecule has 2 rings (SSSR count). The molecule has 16 heavy (non-hydrogen) atoms. The van der Waals surface area contributed by atoms with Gasteiger partial charge in [0.2, 0.25) is 5.95 Å². The van der Waals surface area contributed by atoms with Gasteiger partial charge in [-0.05, 0) is 6.07 Å². The van der Waals surface area contributed by atoms with Crippen molar-refractivity contribution in [3.63, 3.8) is 0 Å². The van der Waals surface area contributed by atoms with Crippen LogP contribution < -0.4 is 16.6 Å². The van der Waals surface area contributed by atoms with Gasteiger partial charge in [0.15, 0.2) is 0 Å². The van der Waals surface area contributed by atoms with E-state index in [4.69, 9.17) is 5.84 Å². The molecule has 0 fully saturated rings. The standard InChI is InChI=1S/C9H10N6O/c10-15-7-5-11-2-1-6(7)8(16)14-9-12-3-4-13-9/h1-5,15H,10H2,(H2,12,13,14,16). The smallest absolute Gasteiger partial charge is 0.260 e.